The highest BCUT2D eigenvalue weighted by atomic mass is 16.6. The van der Waals surface area contributed by atoms with Crippen molar-refractivity contribution < 1.29 is 14.3 Å². The minimum absolute atomic E-state index is 0.0942. The van der Waals surface area contributed by atoms with Gasteiger partial charge in [-0.1, -0.05) is 0 Å². The van der Waals surface area contributed by atoms with Crippen LogP contribution in [0.15, 0.2) is 0 Å². The summed E-state index contributed by atoms with van der Waals surface area (Å²) in [6.45, 7) is 0.183. The lowest BCUT2D eigenvalue weighted by Crippen LogP contribution is -2.34. The van der Waals surface area contributed by atoms with Crippen LogP contribution < -0.4 is 5.73 Å². The van der Waals surface area contributed by atoms with Crippen LogP contribution in [-0.4, -0.2) is 31.8 Å². The molecule has 1 saturated carbocycles. The monoisotopic (exact) mass is 187 g/mol. The minimum Gasteiger partial charge on any atom is -0.460 e. The molecular weight excluding hydrogens is 170 g/mol. The Morgan fingerprint density at radius 1 is 1.54 bits per heavy atom. The summed E-state index contributed by atoms with van der Waals surface area (Å²) >= 11 is 0. The molecule has 76 valence electrons. The van der Waals surface area contributed by atoms with Gasteiger partial charge in [-0.05, 0) is 25.7 Å². The number of rotatable bonds is 4. The summed E-state index contributed by atoms with van der Waals surface area (Å²) in [5.41, 5.74) is 5.33. The summed E-state index contributed by atoms with van der Waals surface area (Å²) in [5, 5.41) is 0. The van der Waals surface area contributed by atoms with Crippen LogP contribution in [0.5, 0.6) is 0 Å². The summed E-state index contributed by atoms with van der Waals surface area (Å²) in [6, 6.07) is 0. The molecule has 1 aliphatic rings. The Bertz CT molecular complexity index is 162. The van der Waals surface area contributed by atoms with Crippen molar-refractivity contribution in [3.8, 4) is 0 Å². The number of hydrogen-bond donors (Lipinski definition) is 1. The average Bonchev–Trinajstić information content (AvgIpc) is 2.59. The zero-order valence-corrected chi connectivity index (χ0v) is 7.99. The highest BCUT2D eigenvalue weighted by Gasteiger charge is 2.24. The van der Waals surface area contributed by atoms with Crippen molar-refractivity contribution in [3.63, 3.8) is 0 Å². The summed E-state index contributed by atoms with van der Waals surface area (Å²) in [4.78, 5) is 11.3. The fourth-order valence-electron chi connectivity index (χ4n) is 1.54. The van der Waals surface area contributed by atoms with E-state index < -0.39 is 6.10 Å². The molecule has 0 radical (unpaired) electrons. The molecule has 1 fully saturated rings. The molecule has 1 aliphatic carbocycles. The van der Waals surface area contributed by atoms with Crippen molar-refractivity contribution in [2.45, 2.75) is 37.9 Å². The molecular formula is C9H17NO3. The molecule has 0 heterocycles. The van der Waals surface area contributed by atoms with Crippen molar-refractivity contribution in [2.75, 3.05) is 13.7 Å². The number of hydrogen-bond acceptors (Lipinski definition) is 4. The van der Waals surface area contributed by atoms with E-state index >= 15 is 0 Å². The third-order valence-electron chi connectivity index (χ3n) is 2.35. The second kappa shape index (κ2) is 5.19. The summed E-state index contributed by atoms with van der Waals surface area (Å²) in [7, 11) is 1.47. The number of esters is 1. The van der Waals surface area contributed by atoms with E-state index in [0.29, 0.717) is 0 Å². The average molecular weight is 187 g/mol. The van der Waals surface area contributed by atoms with E-state index in [9.17, 15) is 4.79 Å². The molecule has 1 atom stereocenters. The first-order valence-corrected chi connectivity index (χ1v) is 4.71. The molecule has 0 amide bonds. The maximum atomic E-state index is 11.3. The molecule has 4 nitrogen and oxygen atoms in total. The molecule has 0 bridgehead atoms. The molecule has 13 heavy (non-hydrogen) atoms. The van der Waals surface area contributed by atoms with E-state index in [1.54, 1.807) is 0 Å². The molecule has 1 rings (SSSR count). The lowest BCUT2D eigenvalue weighted by molar-refractivity contribution is -0.159. The number of nitrogens with two attached hydrogens (primary N) is 1. The van der Waals surface area contributed by atoms with Gasteiger partial charge in [0.15, 0.2) is 6.10 Å². The highest BCUT2D eigenvalue weighted by Crippen LogP contribution is 2.21. The molecule has 0 aromatic carbocycles. The van der Waals surface area contributed by atoms with Crippen LogP contribution in [0.1, 0.15) is 25.7 Å². The van der Waals surface area contributed by atoms with Crippen molar-refractivity contribution in [2.24, 2.45) is 5.73 Å². The summed E-state index contributed by atoms with van der Waals surface area (Å²) in [6.07, 6.45) is 3.76. The minimum atomic E-state index is -0.597. The molecule has 2 N–H and O–H groups in total. The first kappa shape index (κ1) is 10.5. The van der Waals surface area contributed by atoms with E-state index in [1.807, 2.05) is 0 Å². The molecule has 0 aromatic rings. The predicted octanol–water partition coefficient (Wildman–Crippen LogP) is 0.446. The first-order chi connectivity index (χ1) is 6.27. The maximum absolute atomic E-state index is 11.3. The molecule has 0 aromatic heterocycles. The van der Waals surface area contributed by atoms with Gasteiger partial charge in [0.25, 0.3) is 0 Å². The van der Waals surface area contributed by atoms with E-state index in [4.69, 9.17) is 15.2 Å². The third-order valence-corrected chi connectivity index (χ3v) is 2.35. The first-order valence-electron chi connectivity index (χ1n) is 4.71. The number of carbonyl (C=O) groups is 1. The standard InChI is InChI=1S/C9H17NO3/c1-12-8(6-10)9(11)13-7-4-2-3-5-7/h7-8H,2-6,10H2,1H3. The number of methoxy groups -OCH3 is 1. The highest BCUT2D eigenvalue weighted by molar-refractivity contribution is 5.75. The van der Waals surface area contributed by atoms with Crippen LogP contribution in [-0.2, 0) is 14.3 Å². The van der Waals surface area contributed by atoms with Gasteiger partial charge in [0, 0.05) is 13.7 Å². The largest absolute Gasteiger partial charge is 0.460 e. The Balaban J connectivity index is 2.29. The van der Waals surface area contributed by atoms with Gasteiger partial charge in [-0.25, -0.2) is 4.79 Å². The van der Waals surface area contributed by atoms with Crippen LogP contribution in [0.3, 0.4) is 0 Å². The fourth-order valence-corrected chi connectivity index (χ4v) is 1.54. The lowest BCUT2D eigenvalue weighted by Gasteiger charge is -2.16. The maximum Gasteiger partial charge on any atom is 0.336 e. The van der Waals surface area contributed by atoms with E-state index in [0.717, 1.165) is 25.7 Å². The van der Waals surface area contributed by atoms with Gasteiger partial charge < -0.3 is 15.2 Å². The Morgan fingerprint density at radius 3 is 2.62 bits per heavy atom. The van der Waals surface area contributed by atoms with Gasteiger partial charge >= 0.3 is 5.97 Å². The molecule has 1 unspecified atom stereocenters. The molecule has 4 heteroatoms. The fraction of sp³-hybridized carbons (Fsp3) is 0.889. The number of carbonyl (C=O) groups excluding carboxylic acids is 1. The predicted molar refractivity (Wildman–Crippen MR) is 48.2 cm³/mol. The topological polar surface area (TPSA) is 61.5 Å². The zero-order chi connectivity index (χ0) is 9.68. The lowest BCUT2D eigenvalue weighted by atomic mass is 10.3. The van der Waals surface area contributed by atoms with E-state index in [2.05, 4.69) is 0 Å². The van der Waals surface area contributed by atoms with Crippen LogP contribution in [0.4, 0.5) is 0 Å². The zero-order valence-electron chi connectivity index (χ0n) is 7.99. The quantitative estimate of drug-likeness (QED) is 0.649. The van der Waals surface area contributed by atoms with E-state index in [-0.39, 0.29) is 18.6 Å². The Morgan fingerprint density at radius 2 is 2.15 bits per heavy atom. The van der Waals surface area contributed by atoms with Crippen LogP contribution in [0, 0.1) is 0 Å². The SMILES string of the molecule is COC(CN)C(=O)OC1CCCC1. The van der Waals surface area contributed by atoms with Crippen molar-refractivity contribution in [1.29, 1.82) is 0 Å². The van der Waals surface area contributed by atoms with Gasteiger partial charge in [0.2, 0.25) is 0 Å². The smallest absolute Gasteiger partial charge is 0.336 e. The van der Waals surface area contributed by atoms with Gasteiger partial charge in [-0.15, -0.1) is 0 Å². The second-order valence-corrected chi connectivity index (χ2v) is 3.30. The van der Waals surface area contributed by atoms with Crippen LogP contribution in [0.2, 0.25) is 0 Å². The number of ether oxygens (including phenoxy) is 2. The van der Waals surface area contributed by atoms with Crippen molar-refractivity contribution in [1.82, 2.24) is 0 Å². The Kier molecular flexibility index (Phi) is 4.18. The summed E-state index contributed by atoms with van der Waals surface area (Å²) in [5.74, 6) is -0.322. The van der Waals surface area contributed by atoms with Crippen molar-refractivity contribution in [3.05, 3.63) is 0 Å². The molecule has 0 aliphatic heterocycles. The van der Waals surface area contributed by atoms with Gasteiger partial charge in [-0.3, -0.25) is 0 Å². The second-order valence-electron chi connectivity index (χ2n) is 3.30. The Labute approximate surface area is 78.4 Å². The molecule has 0 saturated heterocycles. The van der Waals surface area contributed by atoms with Crippen LogP contribution in [0.25, 0.3) is 0 Å². The van der Waals surface area contributed by atoms with E-state index in [1.165, 1.54) is 7.11 Å². The van der Waals surface area contributed by atoms with Crippen molar-refractivity contribution >= 4 is 5.97 Å². The van der Waals surface area contributed by atoms with Crippen LogP contribution >= 0.6 is 0 Å². The molecule has 0 spiro atoms. The normalized spacial score (nSPS) is 20.2. The van der Waals surface area contributed by atoms with Gasteiger partial charge in [0.1, 0.15) is 6.10 Å². The van der Waals surface area contributed by atoms with Gasteiger partial charge in [-0.2, -0.15) is 0 Å². The Hall–Kier alpha value is -0.610. The third kappa shape index (κ3) is 2.97. The summed E-state index contributed by atoms with van der Waals surface area (Å²) < 4.78 is 10.1. The van der Waals surface area contributed by atoms with Gasteiger partial charge in [0.05, 0.1) is 0 Å².